The molecule has 136 valence electrons. The van der Waals surface area contributed by atoms with E-state index in [-0.39, 0.29) is 23.8 Å². The summed E-state index contributed by atoms with van der Waals surface area (Å²) in [6.07, 6.45) is 2.77. The van der Waals surface area contributed by atoms with Gasteiger partial charge in [-0.3, -0.25) is 9.59 Å². The summed E-state index contributed by atoms with van der Waals surface area (Å²) in [5, 5.41) is 9.09. The Hall–Kier alpha value is -2.90. The second-order valence-corrected chi connectivity index (χ2v) is 6.80. The molecule has 26 heavy (non-hydrogen) atoms. The van der Waals surface area contributed by atoms with Crippen LogP contribution in [0.1, 0.15) is 59.5 Å². The van der Waals surface area contributed by atoms with Crippen molar-refractivity contribution in [2.24, 2.45) is 0 Å². The van der Waals surface area contributed by atoms with Gasteiger partial charge in [0.1, 0.15) is 0 Å². The SMILES string of the molecule is O=C1CCC(c2ccc(C(=O)N3CCC(c4n[nH]c(=O)o4)CC3)cc2)N1. The van der Waals surface area contributed by atoms with Crippen LogP contribution < -0.4 is 11.1 Å². The zero-order valence-electron chi connectivity index (χ0n) is 14.2. The van der Waals surface area contributed by atoms with E-state index in [0.29, 0.717) is 43.8 Å². The highest BCUT2D eigenvalue weighted by molar-refractivity contribution is 5.94. The first-order chi connectivity index (χ1) is 12.6. The average molecular weight is 356 g/mol. The second kappa shape index (κ2) is 6.78. The molecule has 2 aliphatic rings. The third-order valence-electron chi connectivity index (χ3n) is 5.14. The number of piperidine rings is 1. The molecule has 0 saturated carbocycles. The maximum atomic E-state index is 12.7. The molecule has 1 unspecified atom stereocenters. The molecule has 2 aromatic rings. The molecule has 2 saturated heterocycles. The summed E-state index contributed by atoms with van der Waals surface area (Å²) in [4.78, 5) is 36.9. The topological polar surface area (TPSA) is 108 Å². The molecule has 1 atom stereocenters. The first-order valence-electron chi connectivity index (χ1n) is 8.84. The number of aromatic amines is 1. The number of H-pyrrole nitrogens is 1. The predicted molar refractivity (Wildman–Crippen MR) is 91.6 cm³/mol. The van der Waals surface area contributed by atoms with Crippen molar-refractivity contribution in [2.75, 3.05) is 13.1 Å². The van der Waals surface area contributed by atoms with Crippen LogP contribution in [0, 0.1) is 0 Å². The maximum absolute atomic E-state index is 12.7. The number of benzene rings is 1. The highest BCUT2D eigenvalue weighted by atomic mass is 16.4. The third kappa shape index (κ3) is 3.26. The molecule has 1 aromatic carbocycles. The standard InChI is InChI=1S/C18H20N4O4/c23-15-6-5-14(19-15)11-1-3-13(4-2-11)17(24)22-9-7-12(8-10-22)16-20-21-18(25)26-16/h1-4,12,14H,5-10H2,(H,19,23)(H,21,25). The van der Waals surface area contributed by atoms with Crippen molar-refractivity contribution < 1.29 is 14.0 Å². The van der Waals surface area contributed by atoms with Crippen molar-refractivity contribution in [2.45, 2.75) is 37.6 Å². The van der Waals surface area contributed by atoms with Crippen molar-refractivity contribution >= 4 is 11.8 Å². The monoisotopic (exact) mass is 356 g/mol. The van der Waals surface area contributed by atoms with Crippen molar-refractivity contribution in [1.82, 2.24) is 20.4 Å². The Bertz CT molecular complexity index is 862. The molecule has 4 rings (SSSR count). The first-order valence-corrected chi connectivity index (χ1v) is 8.84. The van der Waals surface area contributed by atoms with Gasteiger partial charge in [-0.2, -0.15) is 0 Å². The van der Waals surface area contributed by atoms with E-state index in [1.54, 1.807) is 0 Å². The molecular formula is C18H20N4O4. The van der Waals surface area contributed by atoms with E-state index >= 15 is 0 Å². The molecular weight excluding hydrogens is 336 g/mol. The molecule has 0 radical (unpaired) electrons. The van der Waals surface area contributed by atoms with Gasteiger partial charge in [-0.1, -0.05) is 12.1 Å². The number of nitrogens with one attached hydrogen (secondary N) is 2. The second-order valence-electron chi connectivity index (χ2n) is 6.80. The number of carbonyl (C=O) groups excluding carboxylic acids is 2. The fourth-order valence-electron chi connectivity index (χ4n) is 3.65. The number of carbonyl (C=O) groups is 2. The molecule has 8 heteroatoms. The highest BCUT2D eigenvalue weighted by Gasteiger charge is 2.28. The Morgan fingerprint density at radius 3 is 2.42 bits per heavy atom. The number of hydrogen-bond acceptors (Lipinski definition) is 5. The van der Waals surface area contributed by atoms with Crippen molar-refractivity contribution in [3.05, 3.63) is 51.8 Å². The van der Waals surface area contributed by atoms with Crippen molar-refractivity contribution in [3.8, 4) is 0 Å². The Kier molecular flexibility index (Phi) is 4.32. The Labute approximate surface area is 149 Å². The molecule has 0 spiro atoms. The zero-order valence-corrected chi connectivity index (χ0v) is 14.2. The van der Waals surface area contributed by atoms with E-state index < -0.39 is 5.76 Å². The maximum Gasteiger partial charge on any atom is 0.434 e. The summed E-state index contributed by atoms with van der Waals surface area (Å²) in [6.45, 7) is 1.20. The first kappa shape index (κ1) is 16.6. The lowest BCUT2D eigenvalue weighted by atomic mass is 9.96. The van der Waals surface area contributed by atoms with E-state index in [1.165, 1.54) is 0 Å². The summed E-state index contributed by atoms with van der Waals surface area (Å²) in [5.74, 6) is 0.00757. The number of likely N-dealkylation sites (tertiary alicyclic amines) is 1. The summed E-state index contributed by atoms with van der Waals surface area (Å²) in [7, 11) is 0. The van der Waals surface area contributed by atoms with E-state index in [9.17, 15) is 14.4 Å². The van der Waals surface area contributed by atoms with Crippen LogP contribution in [0.25, 0.3) is 0 Å². The van der Waals surface area contributed by atoms with Crippen molar-refractivity contribution in [1.29, 1.82) is 0 Å². The number of nitrogens with zero attached hydrogens (tertiary/aromatic N) is 2. The zero-order chi connectivity index (χ0) is 18.1. The van der Waals surface area contributed by atoms with Crippen LogP contribution in [0.3, 0.4) is 0 Å². The molecule has 2 aliphatic heterocycles. The van der Waals surface area contributed by atoms with Crippen LogP contribution in [0.5, 0.6) is 0 Å². The van der Waals surface area contributed by atoms with Crippen LogP contribution >= 0.6 is 0 Å². The highest BCUT2D eigenvalue weighted by Crippen LogP contribution is 2.27. The fourth-order valence-corrected chi connectivity index (χ4v) is 3.65. The summed E-state index contributed by atoms with van der Waals surface area (Å²) >= 11 is 0. The van der Waals surface area contributed by atoms with Gasteiger partial charge in [-0.15, -0.1) is 5.10 Å². The molecule has 1 aromatic heterocycles. The van der Waals surface area contributed by atoms with E-state index in [4.69, 9.17) is 4.42 Å². The summed E-state index contributed by atoms with van der Waals surface area (Å²) in [5.41, 5.74) is 1.67. The lowest BCUT2D eigenvalue weighted by Gasteiger charge is -2.30. The molecule has 8 nitrogen and oxygen atoms in total. The van der Waals surface area contributed by atoms with Gasteiger partial charge in [0, 0.05) is 31.0 Å². The quantitative estimate of drug-likeness (QED) is 0.863. The van der Waals surface area contributed by atoms with Gasteiger partial charge in [0.2, 0.25) is 11.8 Å². The minimum Gasteiger partial charge on any atom is -0.392 e. The van der Waals surface area contributed by atoms with Gasteiger partial charge in [-0.05, 0) is 37.0 Å². The molecule has 3 heterocycles. The van der Waals surface area contributed by atoms with Gasteiger partial charge in [0.05, 0.1) is 6.04 Å². The lowest BCUT2D eigenvalue weighted by Crippen LogP contribution is -2.38. The van der Waals surface area contributed by atoms with E-state index in [0.717, 1.165) is 12.0 Å². The Morgan fingerprint density at radius 1 is 1.12 bits per heavy atom. The van der Waals surface area contributed by atoms with Crippen LogP contribution in [-0.4, -0.2) is 40.0 Å². The molecule has 0 bridgehead atoms. The van der Waals surface area contributed by atoms with Crippen molar-refractivity contribution in [3.63, 3.8) is 0 Å². The smallest absolute Gasteiger partial charge is 0.392 e. The van der Waals surface area contributed by atoms with Crippen LogP contribution in [-0.2, 0) is 4.79 Å². The van der Waals surface area contributed by atoms with Gasteiger partial charge >= 0.3 is 5.76 Å². The number of aromatic nitrogens is 2. The molecule has 2 N–H and O–H groups in total. The minimum atomic E-state index is -0.544. The summed E-state index contributed by atoms with van der Waals surface area (Å²) in [6, 6.07) is 7.51. The number of amides is 2. The van der Waals surface area contributed by atoms with Crippen LogP contribution in [0.4, 0.5) is 0 Å². The van der Waals surface area contributed by atoms with E-state index in [1.807, 2.05) is 29.2 Å². The van der Waals surface area contributed by atoms with Gasteiger partial charge in [0.15, 0.2) is 0 Å². The normalized spacial score (nSPS) is 21.0. The lowest BCUT2D eigenvalue weighted by molar-refractivity contribution is -0.119. The largest absolute Gasteiger partial charge is 0.434 e. The summed E-state index contributed by atoms with van der Waals surface area (Å²) < 4.78 is 5.02. The van der Waals surface area contributed by atoms with Crippen LogP contribution in [0.15, 0.2) is 33.5 Å². The van der Waals surface area contributed by atoms with Crippen LogP contribution in [0.2, 0.25) is 0 Å². The van der Waals surface area contributed by atoms with E-state index in [2.05, 4.69) is 15.5 Å². The third-order valence-corrected chi connectivity index (χ3v) is 5.14. The predicted octanol–water partition coefficient (Wildman–Crippen LogP) is 1.33. The number of hydrogen-bond donors (Lipinski definition) is 2. The van der Waals surface area contributed by atoms with Gasteiger partial charge < -0.3 is 14.6 Å². The minimum absolute atomic E-state index is 0.00561. The van der Waals surface area contributed by atoms with Gasteiger partial charge in [-0.25, -0.2) is 9.89 Å². The molecule has 2 amide bonds. The fraction of sp³-hybridized carbons (Fsp3) is 0.444. The molecule has 2 fully saturated rings. The Morgan fingerprint density at radius 2 is 1.85 bits per heavy atom. The number of rotatable bonds is 3. The Balaban J connectivity index is 1.37. The van der Waals surface area contributed by atoms with Gasteiger partial charge in [0.25, 0.3) is 5.91 Å². The molecule has 0 aliphatic carbocycles. The average Bonchev–Trinajstić information content (AvgIpc) is 3.30.